The van der Waals surface area contributed by atoms with Crippen LogP contribution in [0.25, 0.3) is 0 Å². The predicted molar refractivity (Wildman–Crippen MR) is 62.8 cm³/mol. The van der Waals surface area contributed by atoms with Gasteiger partial charge >= 0.3 is 0 Å². The molecule has 6 heteroatoms. The largest absolute Gasteiger partial charge is 0.296 e. The van der Waals surface area contributed by atoms with Crippen LogP contribution in [0.1, 0.15) is 25.3 Å². The highest BCUT2D eigenvalue weighted by molar-refractivity contribution is 6.09. The molecule has 0 aromatic heterocycles. The van der Waals surface area contributed by atoms with Gasteiger partial charge in [-0.05, 0) is 12.0 Å². The smallest absolute Gasteiger partial charge is 0.269 e. The Kier molecular flexibility index (Phi) is 2.86. The predicted octanol–water partition coefficient (Wildman–Crippen LogP) is 1.29. The van der Waals surface area contributed by atoms with E-state index in [0.29, 0.717) is 12.0 Å². The molecule has 94 valence electrons. The van der Waals surface area contributed by atoms with E-state index in [1.54, 1.807) is 13.0 Å². The summed E-state index contributed by atoms with van der Waals surface area (Å²) in [6, 6.07) is 5.90. The number of hydrogen-bond donors (Lipinski definition) is 1. The number of amides is 2. The zero-order valence-corrected chi connectivity index (χ0v) is 9.80. The third-order valence-corrected chi connectivity index (χ3v) is 3.36. The number of carbonyl (C=O) groups excluding carboxylic acids is 2. The van der Waals surface area contributed by atoms with Gasteiger partial charge in [-0.2, -0.15) is 0 Å². The van der Waals surface area contributed by atoms with E-state index in [-0.39, 0.29) is 23.9 Å². The fourth-order valence-corrected chi connectivity index (χ4v) is 2.28. The molecule has 0 bridgehead atoms. The third kappa shape index (κ3) is 1.75. The Morgan fingerprint density at radius 2 is 2.17 bits per heavy atom. The lowest BCUT2D eigenvalue weighted by Crippen LogP contribution is -2.35. The van der Waals surface area contributed by atoms with Crippen LogP contribution >= 0.6 is 0 Å². The van der Waals surface area contributed by atoms with Crippen molar-refractivity contribution < 1.29 is 14.5 Å². The molecule has 0 spiro atoms. The van der Waals surface area contributed by atoms with Gasteiger partial charge in [-0.1, -0.05) is 19.1 Å². The Hall–Kier alpha value is -2.24. The van der Waals surface area contributed by atoms with E-state index in [9.17, 15) is 19.7 Å². The molecule has 1 unspecified atom stereocenters. The Morgan fingerprint density at radius 3 is 2.67 bits per heavy atom. The molecule has 1 fully saturated rings. The van der Waals surface area contributed by atoms with Crippen molar-refractivity contribution in [3.05, 3.63) is 39.9 Å². The summed E-state index contributed by atoms with van der Waals surface area (Å²) >= 11 is 0. The lowest BCUT2D eigenvalue weighted by atomic mass is 9.76. The second-order valence-corrected chi connectivity index (χ2v) is 4.30. The molecule has 0 aliphatic carbocycles. The zero-order valence-electron chi connectivity index (χ0n) is 9.80. The van der Waals surface area contributed by atoms with Gasteiger partial charge in [0.05, 0.1) is 10.3 Å². The number of nitrogens with one attached hydrogen (secondary N) is 1. The summed E-state index contributed by atoms with van der Waals surface area (Å²) in [4.78, 5) is 33.5. The molecule has 1 N–H and O–H groups in total. The minimum Gasteiger partial charge on any atom is -0.296 e. The molecule has 1 heterocycles. The topological polar surface area (TPSA) is 89.3 Å². The van der Waals surface area contributed by atoms with Gasteiger partial charge in [0.2, 0.25) is 11.8 Å². The molecule has 1 saturated heterocycles. The van der Waals surface area contributed by atoms with Crippen molar-refractivity contribution >= 4 is 17.5 Å². The highest BCUT2D eigenvalue weighted by Gasteiger charge is 2.46. The van der Waals surface area contributed by atoms with Crippen LogP contribution in [-0.2, 0) is 15.0 Å². The van der Waals surface area contributed by atoms with Crippen LogP contribution in [-0.4, -0.2) is 16.7 Å². The maximum Gasteiger partial charge on any atom is 0.269 e. The first kappa shape index (κ1) is 12.2. The molecule has 0 radical (unpaired) electrons. The average Bonchev–Trinajstić information content (AvgIpc) is 2.65. The first-order valence-corrected chi connectivity index (χ1v) is 5.59. The number of benzene rings is 1. The van der Waals surface area contributed by atoms with Gasteiger partial charge in [0, 0.05) is 18.6 Å². The van der Waals surface area contributed by atoms with E-state index in [0.717, 1.165) is 0 Å². The number of nitro groups is 1. The molecule has 6 nitrogen and oxygen atoms in total. The van der Waals surface area contributed by atoms with Crippen LogP contribution in [0.3, 0.4) is 0 Å². The Morgan fingerprint density at radius 1 is 1.44 bits per heavy atom. The molecule has 0 saturated carbocycles. The first-order chi connectivity index (χ1) is 8.49. The number of carbonyl (C=O) groups is 2. The maximum absolute atomic E-state index is 11.9. The first-order valence-electron chi connectivity index (χ1n) is 5.59. The van der Waals surface area contributed by atoms with Crippen LogP contribution in [0, 0.1) is 10.1 Å². The van der Waals surface area contributed by atoms with Crippen LogP contribution in [0.4, 0.5) is 5.69 Å². The summed E-state index contributed by atoms with van der Waals surface area (Å²) < 4.78 is 0. The van der Waals surface area contributed by atoms with Crippen LogP contribution in [0.5, 0.6) is 0 Å². The van der Waals surface area contributed by atoms with Crippen molar-refractivity contribution in [3.8, 4) is 0 Å². The van der Waals surface area contributed by atoms with E-state index in [1.165, 1.54) is 18.2 Å². The van der Waals surface area contributed by atoms with Gasteiger partial charge in [-0.3, -0.25) is 25.0 Å². The number of nitrogens with zero attached hydrogens (tertiary/aromatic N) is 1. The highest BCUT2D eigenvalue weighted by atomic mass is 16.6. The minimum absolute atomic E-state index is 0.0451. The lowest BCUT2D eigenvalue weighted by molar-refractivity contribution is -0.384. The maximum atomic E-state index is 11.9. The minimum atomic E-state index is -0.969. The number of non-ortho nitro benzene ring substituents is 1. The molecule has 1 atom stereocenters. The van der Waals surface area contributed by atoms with Crippen molar-refractivity contribution in [2.24, 2.45) is 0 Å². The SMILES string of the molecule is CCC1(c2cccc([N+](=O)[O-])c2)CC(=O)NC1=O. The van der Waals surface area contributed by atoms with Crippen molar-refractivity contribution in [1.82, 2.24) is 5.32 Å². The molecule has 2 amide bonds. The summed E-state index contributed by atoms with van der Waals surface area (Å²) in [5.74, 6) is -0.719. The standard InChI is InChI=1S/C12H12N2O4/c1-2-12(7-10(15)13-11(12)16)8-4-3-5-9(6-8)14(17)18/h3-6H,2,7H2,1H3,(H,13,15,16). The molecule has 1 aromatic rings. The molecular weight excluding hydrogens is 236 g/mol. The van der Waals surface area contributed by atoms with Crippen molar-refractivity contribution in [1.29, 1.82) is 0 Å². The lowest BCUT2D eigenvalue weighted by Gasteiger charge is -2.23. The van der Waals surface area contributed by atoms with Crippen LogP contribution < -0.4 is 5.32 Å². The molecule has 1 aliphatic heterocycles. The van der Waals surface area contributed by atoms with E-state index >= 15 is 0 Å². The number of imide groups is 1. The van der Waals surface area contributed by atoms with Gasteiger partial charge in [0.25, 0.3) is 5.69 Å². The fraction of sp³-hybridized carbons (Fsp3) is 0.333. The fourth-order valence-electron chi connectivity index (χ4n) is 2.28. The number of hydrogen-bond acceptors (Lipinski definition) is 4. The van der Waals surface area contributed by atoms with Gasteiger partial charge < -0.3 is 0 Å². The Labute approximate surface area is 103 Å². The van der Waals surface area contributed by atoms with Crippen molar-refractivity contribution in [3.63, 3.8) is 0 Å². The summed E-state index contributed by atoms with van der Waals surface area (Å²) in [6.07, 6.45) is 0.468. The molecule has 1 aliphatic rings. The highest BCUT2D eigenvalue weighted by Crippen LogP contribution is 2.36. The average molecular weight is 248 g/mol. The Balaban J connectivity index is 2.51. The molecule has 1 aromatic carbocycles. The molecule has 18 heavy (non-hydrogen) atoms. The molecular formula is C12H12N2O4. The second kappa shape index (κ2) is 4.21. The van der Waals surface area contributed by atoms with Crippen LogP contribution in [0.15, 0.2) is 24.3 Å². The molecule has 2 rings (SSSR count). The summed E-state index contributed by atoms with van der Waals surface area (Å²) in [7, 11) is 0. The monoisotopic (exact) mass is 248 g/mol. The quantitative estimate of drug-likeness (QED) is 0.496. The van der Waals surface area contributed by atoms with Crippen molar-refractivity contribution in [2.75, 3.05) is 0 Å². The van der Waals surface area contributed by atoms with Gasteiger partial charge in [-0.25, -0.2) is 0 Å². The number of nitro benzene ring substituents is 1. The van der Waals surface area contributed by atoms with Gasteiger partial charge in [0.1, 0.15) is 0 Å². The van der Waals surface area contributed by atoms with E-state index in [1.807, 2.05) is 0 Å². The zero-order chi connectivity index (χ0) is 13.3. The van der Waals surface area contributed by atoms with Gasteiger partial charge in [-0.15, -0.1) is 0 Å². The van der Waals surface area contributed by atoms with E-state index < -0.39 is 10.3 Å². The summed E-state index contributed by atoms with van der Waals surface area (Å²) in [6.45, 7) is 1.79. The van der Waals surface area contributed by atoms with Crippen molar-refractivity contribution in [2.45, 2.75) is 25.2 Å². The van der Waals surface area contributed by atoms with Crippen LogP contribution in [0.2, 0.25) is 0 Å². The van der Waals surface area contributed by atoms with Gasteiger partial charge in [0.15, 0.2) is 0 Å². The Bertz CT molecular complexity index is 541. The second-order valence-electron chi connectivity index (χ2n) is 4.30. The van der Waals surface area contributed by atoms with E-state index in [4.69, 9.17) is 0 Å². The van der Waals surface area contributed by atoms with E-state index in [2.05, 4.69) is 5.32 Å². The summed E-state index contributed by atoms with van der Waals surface area (Å²) in [5, 5.41) is 13.0. The normalized spacial score (nSPS) is 22.9. The third-order valence-electron chi connectivity index (χ3n) is 3.36. The number of rotatable bonds is 3. The summed E-state index contributed by atoms with van der Waals surface area (Å²) in [5.41, 5.74) is -0.529.